The molecule has 0 atom stereocenters. The molecule has 3 N–H and O–H groups in total. The van der Waals surface area contributed by atoms with Crippen molar-refractivity contribution >= 4 is 23.6 Å². The Labute approximate surface area is 151 Å². The Morgan fingerprint density at radius 2 is 1.62 bits per heavy atom. The second-order valence-corrected chi connectivity index (χ2v) is 5.19. The molecule has 0 bridgehead atoms. The molecule has 0 fully saturated rings. The highest BCUT2D eigenvalue weighted by Crippen LogP contribution is 2.38. The summed E-state index contributed by atoms with van der Waals surface area (Å²) in [5.41, 5.74) is 6.56. The number of nitrogens with one attached hydrogen (secondary N) is 1. The third-order valence-corrected chi connectivity index (χ3v) is 3.56. The maximum absolute atomic E-state index is 12.2. The standard InChI is InChI=1S/C19H20N2O5/c1-24-15-10-12(11-16(25-2)18(15)26-3)8-9-17(22)21-14-7-5-4-6-13(14)19(20)23/h4-11H,1-3H3,(H2,20,23)(H,21,22). The second-order valence-electron chi connectivity index (χ2n) is 5.19. The van der Waals surface area contributed by atoms with Crippen LogP contribution in [0.5, 0.6) is 17.2 Å². The van der Waals surface area contributed by atoms with Crippen LogP contribution in [0.2, 0.25) is 0 Å². The number of anilines is 1. The average Bonchev–Trinajstić information content (AvgIpc) is 2.65. The van der Waals surface area contributed by atoms with E-state index in [-0.39, 0.29) is 5.56 Å². The number of rotatable bonds is 7. The Bertz CT molecular complexity index is 821. The molecule has 0 aliphatic heterocycles. The van der Waals surface area contributed by atoms with Crippen molar-refractivity contribution in [3.63, 3.8) is 0 Å². The van der Waals surface area contributed by atoms with E-state index in [9.17, 15) is 9.59 Å². The topological polar surface area (TPSA) is 99.9 Å². The normalized spacial score (nSPS) is 10.4. The van der Waals surface area contributed by atoms with Gasteiger partial charge in [0.1, 0.15) is 0 Å². The van der Waals surface area contributed by atoms with E-state index in [1.807, 2.05) is 0 Å². The molecule has 0 aliphatic rings. The number of carbonyl (C=O) groups is 2. The van der Waals surface area contributed by atoms with E-state index in [4.69, 9.17) is 19.9 Å². The molecular formula is C19H20N2O5. The van der Waals surface area contributed by atoms with Crippen molar-refractivity contribution in [3.05, 3.63) is 53.6 Å². The zero-order valence-electron chi connectivity index (χ0n) is 14.7. The molecule has 2 aromatic rings. The summed E-state index contributed by atoms with van der Waals surface area (Å²) in [6.07, 6.45) is 2.92. The highest BCUT2D eigenvalue weighted by molar-refractivity contribution is 6.07. The smallest absolute Gasteiger partial charge is 0.250 e. The number of methoxy groups -OCH3 is 3. The fourth-order valence-corrected chi connectivity index (χ4v) is 2.35. The van der Waals surface area contributed by atoms with E-state index in [0.717, 1.165) is 0 Å². The number of amides is 2. The van der Waals surface area contributed by atoms with Crippen LogP contribution in [0.15, 0.2) is 42.5 Å². The molecule has 2 rings (SSSR count). The number of carbonyl (C=O) groups excluding carboxylic acids is 2. The first kappa shape index (κ1) is 18.9. The van der Waals surface area contributed by atoms with Gasteiger partial charge in [0.15, 0.2) is 11.5 Å². The first-order valence-corrected chi connectivity index (χ1v) is 7.68. The lowest BCUT2D eigenvalue weighted by molar-refractivity contribution is -0.111. The number of primary amides is 1. The number of hydrogen-bond acceptors (Lipinski definition) is 5. The predicted octanol–water partition coefficient (Wildman–Crippen LogP) is 2.46. The zero-order valence-corrected chi connectivity index (χ0v) is 14.7. The van der Waals surface area contributed by atoms with Crippen molar-refractivity contribution in [2.24, 2.45) is 5.73 Å². The number of benzene rings is 2. The van der Waals surface area contributed by atoms with Crippen LogP contribution in [0.25, 0.3) is 6.08 Å². The van der Waals surface area contributed by atoms with Gasteiger partial charge in [-0.25, -0.2) is 0 Å². The fourth-order valence-electron chi connectivity index (χ4n) is 2.35. The van der Waals surface area contributed by atoms with E-state index in [1.165, 1.54) is 27.4 Å². The predicted molar refractivity (Wildman–Crippen MR) is 98.7 cm³/mol. The van der Waals surface area contributed by atoms with Crippen LogP contribution in [0, 0.1) is 0 Å². The minimum atomic E-state index is -0.616. The summed E-state index contributed by atoms with van der Waals surface area (Å²) in [7, 11) is 4.54. The van der Waals surface area contributed by atoms with E-state index in [1.54, 1.807) is 42.5 Å². The molecule has 2 amide bonds. The molecule has 0 heterocycles. The van der Waals surface area contributed by atoms with Crippen LogP contribution in [0.3, 0.4) is 0 Å². The molecular weight excluding hydrogens is 336 g/mol. The fraction of sp³-hybridized carbons (Fsp3) is 0.158. The maximum Gasteiger partial charge on any atom is 0.250 e. The summed E-state index contributed by atoms with van der Waals surface area (Å²) in [6.45, 7) is 0. The van der Waals surface area contributed by atoms with Crippen LogP contribution in [-0.4, -0.2) is 33.1 Å². The Kier molecular flexibility index (Phi) is 6.21. The molecule has 7 nitrogen and oxygen atoms in total. The molecule has 26 heavy (non-hydrogen) atoms. The van der Waals surface area contributed by atoms with Crippen molar-refractivity contribution in [2.75, 3.05) is 26.6 Å². The molecule has 0 unspecified atom stereocenters. The van der Waals surface area contributed by atoms with E-state index >= 15 is 0 Å². The van der Waals surface area contributed by atoms with Crippen LogP contribution in [0.4, 0.5) is 5.69 Å². The highest BCUT2D eigenvalue weighted by atomic mass is 16.5. The zero-order chi connectivity index (χ0) is 19.1. The van der Waals surface area contributed by atoms with Gasteiger partial charge < -0.3 is 25.3 Å². The average molecular weight is 356 g/mol. The SMILES string of the molecule is COc1cc(C=CC(=O)Nc2ccccc2C(N)=O)cc(OC)c1OC. The van der Waals surface area contributed by atoms with Crippen LogP contribution in [-0.2, 0) is 4.79 Å². The van der Waals surface area contributed by atoms with Crippen molar-refractivity contribution in [2.45, 2.75) is 0 Å². The van der Waals surface area contributed by atoms with Gasteiger partial charge in [0.25, 0.3) is 5.91 Å². The van der Waals surface area contributed by atoms with Gasteiger partial charge in [-0.3, -0.25) is 9.59 Å². The van der Waals surface area contributed by atoms with Gasteiger partial charge in [0, 0.05) is 6.08 Å². The molecule has 0 saturated heterocycles. The third kappa shape index (κ3) is 4.32. The summed E-state index contributed by atoms with van der Waals surface area (Å²) >= 11 is 0. The number of ether oxygens (including phenoxy) is 3. The van der Waals surface area contributed by atoms with Gasteiger partial charge in [-0.05, 0) is 35.9 Å². The molecule has 0 radical (unpaired) electrons. The van der Waals surface area contributed by atoms with E-state index in [0.29, 0.717) is 28.5 Å². The summed E-state index contributed by atoms with van der Waals surface area (Å²) in [5, 5.41) is 2.63. The minimum absolute atomic E-state index is 0.238. The minimum Gasteiger partial charge on any atom is -0.493 e. The van der Waals surface area contributed by atoms with Gasteiger partial charge in [-0.2, -0.15) is 0 Å². The van der Waals surface area contributed by atoms with Crippen molar-refractivity contribution in [1.29, 1.82) is 0 Å². The molecule has 7 heteroatoms. The van der Waals surface area contributed by atoms with Gasteiger partial charge in [-0.1, -0.05) is 12.1 Å². The number of para-hydroxylation sites is 1. The molecule has 0 aromatic heterocycles. The first-order chi connectivity index (χ1) is 12.5. The number of nitrogens with two attached hydrogens (primary N) is 1. The molecule has 2 aromatic carbocycles. The molecule has 0 saturated carbocycles. The summed E-state index contributed by atoms with van der Waals surface area (Å²) < 4.78 is 15.8. The van der Waals surface area contributed by atoms with Crippen molar-refractivity contribution in [1.82, 2.24) is 0 Å². The Balaban J connectivity index is 2.22. The Hall–Kier alpha value is -3.48. The Morgan fingerprint density at radius 3 is 2.15 bits per heavy atom. The molecule has 0 spiro atoms. The van der Waals surface area contributed by atoms with E-state index < -0.39 is 11.8 Å². The van der Waals surface area contributed by atoms with E-state index in [2.05, 4.69) is 5.32 Å². The van der Waals surface area contributed by atoms with Crippen LogP contribution < -0.4 is 25.3 Å². The monoisotopic (exact) mass is 356 g/mol. The van der Waals surface area contributed by atoms with Crippen LogP contribution in [0.1, 0.15) is 15.9 Å². The largest absolute Gasteiger partial charge is 0.493 e. The maximum atomic E-state index is 12.2. The summed E-state index contributed by atoms with van der Waals surface area (Å²) in [6, 6.07) is 9.93. The van der Waals surface area contributed by atoms with Crippen molar-refractivity contribution < 1.29 is 23.8 Å². The lowest BCUT2D eigenvalue weighted by atomic mass is 10.1. The molecule has 136 valence electrons. The van der Waals surface area contributed by atoms with Gasteiger partial charge in [0.2, 0.25) is 11.7 Å². The van der Waals surface area contributed by atoms with Gasteiger partial charge in [-0.15, -0.1) is 0 Å². The second kappa shape index (κ2) is 8.57. The highest BCUT2D eigenvalue weighted by Gasteiger charge is 2.12. The number of hydrogen-bond donors (Lipinski definition) is 2. The first-order valence-electron chi connectivity index (χ1n) is 7.68. The van der Waals surface area contributed by atoms with Crippen LogP contribution >= 0.6 is 0 Å². The summed E-state index contributed by atoms with van der Waals surface area (Å²) in [5.74, 6) is 0.394. The molecule has 0 aliphatic carbocycles. The quantitative estimate of drug-likeness (QED) is 0.742. The van der Waals surface area contributed by atoms with Crippen molar-refractivity contribution in [3.8, 4) is 17.2 Å². The summed E-state index contributed by atoms with van der Waals surface area (Å²) in [4.78, 5) is 23.6. The van der Waals surface area contributed by atoms with Gasteiger partial charge in [0.05, 0.1) is 32.6 Å². The third-order valence-electron chi connectivity index (χ3n) is 3.56. The van der Waals surface area contributed by atoms with Gasteiger partial charge >= 0.3 is 0 Å². The lowest BCUT2D eigenvalue weighted by Crippen LogP contribution is -2.16. The lowest BCUT2D eigenvalue weighted by Gasteiger charge is -2.12. The Morgan fingerprint density at radius 1 is 1.00 bits per heavy atom.